The molecule has 0 aliphatic carbocycles. The first-order chi connectivity index (χ1) is 4.18. The van der Waals surface area contributed by atoms with Gasteiger partial charge >= 0.3 is 0 Å². The molecule has 0 aliphatic rings. The van der Waals surface area contributed by atoms with E-state index < -0.39 is 8.96 Å². The fourth-order valence-corrected chi connectivity index (χ4v) is 2.27. The molecular formula is C7H19NSi. The van der Waals surface area contributed by atoms with Gasteiger partial charge in [-0.15, -0.1) is 0 Å². The van der Waals surface area contributed by atoms with Crippen molar-refractivity contribution in [3.8, 4) is 0 Å². The highest BCUT2D eigenvalue weighted by atomic mass is 28.3. The second kappa shape index (κ2) is 5.00. The Hall–Kier alpha value is 0.177. The van der Waals surface area contributed by atoms with Crippen molar-refractivity contribution in [3.05, 3.63) is 0 Å². The molecule has 0 bridgehead atoms. The molecule has 0 radical (unpaired) electrons. The predicted molar refractivity (Wildman–Crippen MR) is 46.4 cm³/mol. The van der Waals surface area contributed by atoms with Gasteiger partial charge in [0.05, 0.1) is 0 Å². The third kappa shape index (κ3) is 4.67. The summed E-state index contributed by atoms with van der Waals surface area (Å²) in [6.45, 7) is 4.67. The summed E-state index contributed by atoms with van der Waals surface area (Å²) in [4.78, 5) is 0. The lowest BCUT2D eigenvalue weighted by Crippen LogP contribution is -2.28. The zero-order chi connectivity index (χ0) is 7.28. The highest BCUT2D eigenvalue weighted by Gasteiger charge is 2.03. The molecule has 0 spiro atoms. The standard InChI is InChI=1S/C7H19NSi/c1-5-6-7-9(4)8(2)3/h9H,5-7H2,1-4H3. The van der Waals surface area contributed by atoms with Crippen LogP contribution in [0, 0.1) is 0 Å². The van der Waals surface area contributed by atoms with Gasteiger partial charge in [0.15, 0.2) is 0 Å². The van der Waals surface area contributed by atoms with Gasteiger partial charge < -0.3 is 4.57 Å². The van der Waals surface area contributed by atoms with E-state index in [0.29, 0.717) is 0 Å². The van der Waals surface area contributed by atoms with Crippen molar-refractivity contribution in [1.29, 1.82) is 0 Å². The van der Waals surface area contributed by atoms with Crippen molar-refractivity contribution < 1.29 is 0 Å². The third-order valence-electron chi connectivity index (χ3n) is 1.86. The monoisotopic (exact) mass is 145 g/mol. The first-order valence-corrected chi connectivity index (χ1v) is 6.33. The molecule has 0 aromatic carbocycles. The Kier molecular flexibility index (Phi) is 5.10. The third-order valence-corrected chi connectivity index (χ3v) is 4.86. The summed E-state index contributed by atoms with van der Waals surface area (Å²) in [5.74, 6) is 0. The van der Waals surface area contributed by atoms with Crippen molar-refractivity contribution in [2.45, 2.75) is 32.4 Å². The zero-order valence-corrected chi connectivity index (χ0v) is 8.30. The summed E-state index contributed by atoms with van der Waals surface area (Å²) in [6, 6.07) is 1.48. The molecule has 0 rings (SSSR count). The normalized spacial score (nSPS) is 14.3. The van der Waals surface area contributed by atoms with E-state index in [1.165, 1.54) is 18.9 Å². The maximum absolute atomic E-state index is 2.41. The molecule has 56 valence electrons. The molecule has 0 aromatic rings. The topological polar surface area (TPSA) is 3.24 Å². The molecule has 0 saturated heterocycles. The molecular weight excluding hydrogens is 126 g/mol. The molecule has 0 heterocycles. The van der Waals surface area contributed by atoms with Gasteiger partial charge in [0.2, 0.25) is 0 Å². The Morgan fingerprint density at radius 2 is 1.89 bits per heavy atom. The summed E-state index contributed by atoms with van der Waals surface area (Å²) >= 11 is 0. The van der Waals surface area contributed by atoms with Gasteiger partial charge in [-0.1, -0.05) is 26.3 Å². The van der Waals surface area contributed by atoms with Crippen LogP contribution in [0.1, 0.15) is 19.8 Å². The maximum Gasteiger partial charge on any atom is 0.108 e. The van der Waals surface area contributed by atoms with Crippen molar-refractivity contribution >= 4 is 8.96 Å². The lowest BCUT2D eigenvalue weighted by molar-refractivity contribution is 0.632. The Labute approximate surface area is 60.7 Å². The van der Waals surface area contributed by atoms with Gasteiger partial charge in [0.1, 0.15) is 8.96 Å². The van der Waals surface area contributed by atoms with E-state index in [1.807, 2.05) is 0 Å². The van der Waals surface area contributed by atoms with Crippen LogP contribution in [0.2, 0.25) is 12.6 Å². The van der Waals surface area contributed by atoms with E-state index in [1.54, 1.807) is 0 Å². The number of hydrogen-bond donors (Lipinski definition) is 0. The Morgan fingerprint density at radius 1 is 1.33 bits per heavy atom. The van der Waals surface area contributed by atoms with Crippen LogP contribution < -0.4 is 0 Å². The molecule has 0 aliphatic heterocycles. The van der Waals surface area contributed by atoms with Crippen LogP contribution in [0.4, 0.5) is 0 Å². The summed E-state index contributed by atoms with van der Waals surface area (Å²) < 4.78 is 2.41. The second-order valence-electron chi connectivity index (χ2n) is 2.95. The minimum absolute atomic E-state index is 0.460. The molecule has 9 heavy (non-hydrogen) atoms. The summed E-state index contributed by atoms with van der Waals surface area (Å²) in [5, 5.41) is 0. The number of hydrogen-bond acceptors (Lipinski definition) is 1. The minimum atomic E-state index is -0.460. The minimum Gasteiger partial charge on any atom is -0.332 e. The lowest BCUT2D eigenvalue weighted by Gasteiger charge is -2.16. The maximum atomic E-state index is 2.41. The van der Waals surface area contributed by atoms with E-state index in [-0.39, 0.29) is 0 Å². The average molecular weight is 145 g/mol. The average Bonchev–Trinajstić information content (AvgIpc) is 1.82. The van der Waals surface area contributed by atoms with Crippen LogP contribution in [0.25, 0.3) is 0 Å². The van der Waals surface area contributed by atoms with Gasteiger partial charge in [-0.3, -0.25) is 0 Å². The van der Waals surface area contributed by atoms with E-state index >= 15 is 0 Å². The first-order valence-electron chi connectivity index (χ1n) is 3.85. The van der Waals surface area contributed by atoms with Crippen LogP contribution in [-0.2, 0) is 0 Å². The van der Waals surface area contributed by atoms with Gasteiger partial charge in [0.25, 0.3) is 0 Å². The fourth-order valence-electron chi connectivity index (χ4n) is 0.758. The van der Waals surface area contributed by atoms with Crippen LogP contribution >= 0.6 is 0 Å². The summed E-state index contributed by atoms with van der Waals surface area (Å²) in [7, 11) is 3.94. The van der Waals surface area contributed by atoms with Gasteiger partial charge in [-0.2, -0.15) is 0 Å². The van der Waals surface area contributed by atoms with Gasteiger partial charge in [-0.05, 0) is 20.1 Å². The zero-order valence-electron chi connectivity index (χ0n) is 7.15. The van der Waals surface area contributed by atoms with E-state index in [9.17, 15) is 0 Å². The molecule has 2 heteroatoms. The van der Waals surface area contributed by atoms with Crippen molar-refractivity contribution in [2.75, 3.05) is 14.1 Å². The van der Waals surface area contributed by atoms with E-state index in [0.717, 1.165) is 0 Å². The Bertz CT molecular complexity index is 63.9. The van der Waals surface area contributed by atoms with Gasteiger partial charge in [-0.25, -0.2) is 0 Å². The summed E-state index contributed by atoms with van der Waals surface area (Å²) in [6.07, 6.45) is 2.77. The highest BCUT2D eigenvalue weighted by molar-refractivity contribution is 6.53. The molecule has 0 saturated carbocycles. The van der Waals surface area contributed by atoms with E-state index in [4.69, 9.17) is 0 Å². The largest absolute Gasteiger partial charge is 0.332 e. The van der Waals surface area contributed by atoms with Crippen LogP contribution in [0.15, 0.2) is 0 Å². The Balaban J connectivity index is 3.16. The van der Waals surface area contributed by atoms with Gasteiger partial charge in [0, 0.05) is 0 Å². The molecule has 1 unspecified atom stereocenters. The number of nitrogens with zero attached hydrogens (tertiary/aromatic N) is 1. The lowest BCUT2D eigenvalue weighted by atomic mass is 10.4. The summed E-state index contributed by atoms with van der Waals surface area (Å²) in [5.41, 5.74) is 0. The number of unbranched alkanes of at least 4 members (excludes halogenated alkanes) is 1. The van der Waals surface area contributed by atoms with Crippen LogP contribution in [0.5, 0.6) is 0 Å². The molecule has 0 amide bonds. The smallest absolute Gasteiger partial charge is 0.108 e. The predicted octanol–water partition coefficient (Wildman–Crippen LogP) is 1.70. The van der Waals surface area contributed by atoms with Crippen molar-refractivity contribution in [2.24, 2.45) is 0 Å². The SMILES string of the molecule is CCCC[SiH](C)N(C)C. The first kappa shape index (κ1) is 9.18. The molecule has 0 N–H and O–H groups in total. The molecule has 1 atom stereocenters. The Morgan fingerprint density at radius 3 is 2.22 bits per heavy atom. The second-order valence-corrected chi connectivity index (χ2v) is 6.26. The molecule has 0 aromatic heterocycles. The van der Waals surface area contributed by atoms with Crippen molar-refractivity contribution in [1.82, 2.24) is 4.57 Å². The van der Waals surface area contributed by atoms with E-state index in [2.05, 4.69) is 32.1 Å². The number of rotatable bonds is 4. The molecule has 0 fully saturated rings. The molecule has 1 nitrogen and oxygen atoms in total. The fraction of sp³-hybridized carbons (Fsp3) is 1.00. The van der Waals surface area contributed by atoms with Crippen molar-refractivity contribution in [3.63, 3.8) is 0 Å². The highest BCUT2D eigenvalue weighted by Crippen LogP contribution is 2.01. The quantitative estimate of drug-likeness (QED) is 0.544. The van der Waals surface area contributed by atoms with Crippen LogP contribution in [-0.4, -0.2) is 27.6 Å². The van der Waals surface area contributed by atoms with Crippen LogP contribution in [0.3, 0.4) is 0 Å².